The maximum absolute atomic E-state index is 11.8. The number of likely N-dealkylation sites (N-methyl/N-ethyl adjacent to an activating group) is 1. The standard InChI is InChI=1S/C13H29N3O2/c1-5-13(3,11-14)16(6-2)10-12(17)15-8-7-9-18-4/h5-11,14H2,1-4H3,(H,15,17). The first-order valence-corrected chi connectivity index (χ1v) is 6.74. The highest BCUT2D eigenvalue weighted by molar-refractivity contribution is 5.78. The summed E-state index contributed by atoms with van der Waals surface area (Å²) in [6.45, 7) is 9.40. The number of methoxy groups -OCH3 is 1. The van der Waals surface area contributed by atoms with Crippen LogP contribution >= 0.6 is 0 Å². The number of nitrogens with one attached hydrogen (secondary N) is 1. The number of ether oxygens (including phenoxy) is 1. The number of hydrogen-bond acceptors (Lipinski definition) is 4. The van der Waals surface area contributed by atoms with Crippen LogP contribution in [-0.4, -0.2) is 56.2 Å². The molecule has 0 fully saturated rings. The molecule has 0 rings (SSSR count). The smallest absolute Gasteiger partial charge is 0.234 e. The number of nitrogens with zero attached hydrogens (tertiary/aromatic N) is 1. The van der Waals surface area contributed by atoms with Gasteiger partial charge in [-0.3, -0.25) is 9.69 Å². The molecule has 0 aromatic heterocycles. The molecule has 0 aliphatic heterocycles. The minimum absolute atomic E-state index is 0.0566. The van der Waals surface area contributed by atoms with Gasteiger partial charge in [0, 0.05) is 32.3 Å². The second kappa shape index (κ2) is 9.30. The number of hydrogen-bond donors (Lipinski definition) is 2. The first-order chi connectivity index (χ1) is 8.53. The molecule has 1 atom stereocenters. The molecule has 0 heterocycles. The second-order valence-electron chi connectivity index (χ2n) is 4.77. The van der Waals surface area contributed by atoms with E-state index < -0.39 is 0 Å². The Labute approximate surface area is 111 Å². The lowest BCUT2D eigenvalue weighted by Gasteiger charge is -2.39. The van der Waals surface area contributed by atoms with Crippen molar-refractivity contribution in [2.75, 3.05) is 39.9 Å². The van der Waals surface area contributed by atoms with Gasteiger partial charge in [0.25, 0.3) is 0 Å². The van der Waals surface area contributed by atoms with Crippen LogP contribution in [0.25, 0.3) is 0 Å². The normalized spacial score (nSPS) is 14.6. The third-order valence-electron chi connectivity index (χ3n) is 3.53. The van der Waals surface area contributed by atoms with Crippen LogP contribution in [0.3, 0.4) is 0 Å². The second-order valence-corrected chi connectivity index (χ2v) is 4.77. The van der Waals surface area contributed by atoms with Crippen LogP contribution in [0.4, 0.5) is 0 Å². The van der Waals surface area contributed by atoms with Gasteiger partial charge in [-0.25, -0.2) is 0 Å². The SMILES string of the molecule is CCN(CC(=O)NCCCOC)C(C)(CC)CN. The molecule has 5 heteroatoms. The van der Waals surface area contributed by atoms with E-state index in [0.29, 0.717) is 26.2 Å². The van der Waals surface area contributed by atoms with E-state index in [1.807, 2.05) is 0 Å². The van der Waals surface area contributed by atoms with Gasteiger partial charge in [0.15, 0.2) is 0 Å². The van der Waals surface area contributed by atoms with Gasteiger partial charge < -0.3 is 15.8 Å². The van der Waals surface area contributed by atoms with Crippen LogP contribution in [0.15, 0.2) is 0 Å². The molecule has 18 heavy (non-hydrogen) atoms. The molecule has 0 saturated heterocycles. The molecule has 1 amide bonds. The predicted octanol–water partition coefficient (Wildman–Crippen LogP) is 0.588. The lowest BCUT2D eigenvalue weighted by Crippen LogP contribution is -2.54. The summed E-state index contributed by atoms with van der Waals surface area (Å²) < 4.78 is 4.94. The quantitative estimate of drug-likeness (QED) is 0.563. The van der Waals surface area contributed by atoms with Crippen molar-refractivity contribution in [3.63, 3.8) is 0 Å². The summed E-state index contributed by atoms with van der Waals surface area (Å²) in [5.74, 6) is 0.0566. The van der Waals surface area contributed by atoms with E-state index in [2.05, 4.69) is 31.0 Å². The molecule has 0 aromatic carbocycles. The zero-order valence-corrected chi connectivity index (χ0v) is 12.3. The molecule has 0 aliphatic carbocycles. The van der Waals surface area contributed by atoms with Crippen molar-refractivity contribution in [2.45, 2.75) is 39.2 Å². The fraction of sp³-hybridized carbons (Fsp3) is 0.923. The zero-order chi connectivity index (χ0) is 14.0. The average Bonchev–Trinajstić information content (AvgIpc) is 2.40. The van der Waals surface area contributed by atoms with E-state index in [9.17, 15) is 4.79 Å². The lowest BCUT2D eigenvalue weighted by atomic mass is 9.96. The number of carbonyl (C=O) groups excluding carboxylic acids is 1. The highest BCUT2D eigenvalue weighted by Gasteiger charge is 2.28. The molecular weight excluding hydrogens is 230 g/mol. The van der Waals surface area contributed by atoms with Crippen LogP contribution in [-0.2, 0) is 9.53 Å². The molecule has 3 N–H and O–H groups in total. The predicted molar refractivity (Wildman–Crippen MR) is 74.5 cm³/mol. The number of amides is 1. The Morgan fingerprint density at radius 1 is 1.44 bits per heavy atom. The fourth-order valence-electron chi connectivity index (χ4n) is 1.85. The number of carbonyl (C=O) groups is 1. The van der Waals surface area contributed by atoms with Crippen LogP contribution in [0.1, 0.15) is 33.6 Å². The molecule has 0 saturated carbocycles. The third kappa shape index (κ3) is 5.80. The summed E-state index contributed by atoms with van der Waals surface area (Å²) in [6, 6.07) is 0. The summed E-state index contributed by atoms with van der Waals surface area (Å²) in [5.41, 5.74) is 5.72. The van der Waals surface area contributed by atoms with Crippen molar-refractivity contribution in [3.8, 4) is 0 Å². The van der Waals surface area contributed by atoms with E-state index in [-0.39, 0.29) is 11.4 Å². The number of nitrogens with two attached hydrogens (primary N) is 1. The molecule has 0 radical (unpaired) electrons. The Balaban J connectivity index is 4.15. The van der Waals surface area contributed by atoms with E-state index >= 15 is 0 Å². The van der Waals surface area contributed by atoms with Gasteiger partial charge in [-0.05, 0) is 26.3 Å². The van der Waals surface area contributed by atoms with Crippen molar-refractivity contribution >= 4 is 5.91 Å². The highest BCUT2D eigenvalue weighted by atomic mass is 16.5. The molecule has 5 nitrogen and oxygen atoms in total. The molecule has 0 spiro atoms. The maximum Gasteiger partial charge on any atom is 0.234 e. The van der Waals surface area contributed by atoms with Crippen LogP contribution in [0.2, 0.25) is 0 Å². The van der Waals surface area contributed by atoms with Crippen molar-refractivity contribution < 1.29 is 9.53 Å². The summed E-state index contributed by atoms with van der Waals surface area (Å²) in [7, 11) is 1.66. The summed E-state index contributed by atoms with van der Waals surface area (Å²) in [4.78, 5) is 14.0. The first-order valence-electron chi connectivity index (χ1n) is 6.74. The largest absolute Gasteiger partial charge is 0.385 e. The third-order valence-corrected chi connectivity index (χ3v) is 3.53. The first kappa shape index (κ1) is 17.4. The molecule has 108 valence electrons. The monoisotopic (exact) mass is 259 g/mol. The maximum atomic E-state index is 11.8. The van der Waals surface area contributed by atoms with Gasteiger partial charge in [0.1, 0.15) is 0 Å². The molecular formula is C13H29N3O2. The Kier molecular flexibility index (Phi) is 8.97. The lowest BCUT2D eigenvalue weighted by molar-refractivity contribution is -0.123. The van der Waals surface area contributed by atoms with E-state index in [4.69, 9.17) is 10.5 Å². The van der Waals surface area contributed by atoms with Gasteiger partial charge in [-0.15, -0.1) is 0 Å². The molecule has 0 aromatic rings. The van der Waals surface area contributed by atoms with Crippen molar-refractivity contribution in [3.05, 3.63) is 0 Å². The van der Waals surface area contributed by atoms with Crippen molar-refractivity contribution in [2.24, 2.45) is 5.73 Å². The van der Waals surface area contributed by atoms with Crippen molar-refractivity contribution in [1.82, 2.24) is 10.2 Å². The fourth-order valence-corrected chi connectivity index (χ4v) is 1.85. The Bertz CT molecular complexity index is 230. The molecule has 0 bridgehead atoms. The minimum Gasteiger partial charge on any atom is -0.385 e. The van der Waals surface area contributed by atoms with Gasteiger partial charge in [0.2, 0.25) is 5.91 Å². The van der Waals surface area contributed by atoms with Gasteiger partial charge >= 0.3 is 0 Å². The Morgan fingerprint density at radius 3 is 2.56 bits per heavy atom. The summed E-state index contributed by atoms with van der Waals surface area (Å²) >= 11 is 0. The van der Waals surface area contributed by atoms with E-state index in [0.717, 1.165) is 19.4 Å². The summed E-state index contributed by atoms with van der Waals surface area (Å²) in [5, 5.41) is 2.90. The van der Waals surface area contributed by atoms with Gasteiger partial charge in [-0.2, -0.15) is 0 Å². The topological polar surface area (TPSA) is 67.6 Å². The molecule has 1 unspecified atom stereocenters. The zero-order valence-electron chi connectivity index (χ0n) is 12.3. The number of rotatable bonds is 10. The van der Waals surface area contributed by atoms with Crippen molar-refractivity contribution in [1.29, 1.82) is 0 Å². The Morgan fingerprint density at radius 2 is 2.11 bits per heavy atom. The van der Waals surface area contributed by atoms with Crippen LogP contribution < -0.4 is 11.1 Å². The van der Waals surface area contributed by atoms with Gasteiger partial charge in [-0.1, -0.05) is 13.8 Å². The highest BCUT2D eigenvalue weighted by Crippen LogP contribution is 2.17. The van der Waals surface area contributed by atoms with Crippen LogP contribution in [0, 0.1) is 0 Å². The van der Waals surface area contributed by atoms with E-state index in [1.54, 1.807) is 7.11 Å². The van der Waals surface area contributed by atoms with Gasteiger partial charge in [0.05, 0.1) is 6.54 Å². The molecule has 0 aliphatic rings. The average molecular weight is 259 g/mol. The van der Waals surface area contributed by atoms with Crippen LogP contribution in [0.5, 0.6) is 0 Å². The van der Waals surface area contributed by atoms with E-state index in [1.165, 1.54) is 0 Å². The summed E-state index contributed by atoms with van der Waals surface area (Å²) in [6.07, 6.45) is 1.78. The minimum atomic E-state index is -0.0986. The Hall–Kier alpha value is -0.650.